The standard InChI is InChI=1S/C17H24N4S.HI/c1-4-18-17(21-12-16-20-11-14(3)22-16)19-10-9-15-7-5-13(2)6-8-15;/h5-8,11H,4,9-10,12H2,1-3H3,(H2,18,19,21);1H. The fraction of sp³-hybridized carbons (Fsp3) is 0.412. The second-order valence-electron chi connectivity index (χ2n) is 5.22. The van der Waals surface area contributed by atoms with Crippen LogP contribution in [0.5, 0.6) is 0 Å². The predicted octanol–water partition coefficient (Wildman–Crippen LogP) is 3.68. The lowest BCUT2D eigenvalue weighted by atomic mass is 10.1. The highest BCUT2D eigenvalue weighted by Crippen LogP contribution is 2.11. The first kappa shape index (κ1) is 19.9. The van der Waals surface area contributed by atoms with Gasteiger partial charge in [0.2, 0.25) is 0 Å². The lowest BCUT2D eigenvalue weighted by Crippen LogP contribution is -2.38. The van der Waals surface area contributed by atoms with Crippen LogP contribution >= 0.6 is 35.3 Å². The van der Waals surface area contributed by atoms with Crippen LogP contribution in [0.2, 0.25) is 0 Å². The molecular weight excluding hydrogens is 419 g/mol. The minimum Gasteiger partial charge on any atom is -0.357 e. The molecule has 0 atom stereocenters. The molecule has 4 nitrogen and oxygen atoms in total. The average molecular weight is 444 g/mol. The summed E-state index contributed by atoms with van der Waals surface area (Å²) in [6.45, 7) is 8.59. The molecule has 0 bridgehead atoms. The van der Waals surface area contributed by atoms with Crippen LogP contribution in [0.3, 0.4) is 0 Å². The number of aliphatic imine (C=N–C) groups is 1. The molecule has 0 unspecified atom stereocenters. The van der Waals surface area contributed by atoms with Crippen molar-refractivity contribution in [2.24, 2.45) is 4.99 Å². The van der Waals surface area contributed by atoms with Crippen LogP contribution < -0.4 is 10.6 Å². The van der Waals surface area contributed by atoms with Crippen molar-refractivity contribution < 1.29 is 0 Å². The Labute approximate surface area is 159 Å². The molecule has 0 amide bonds. The molecule has 0 fully saturated rings. The minimum absolute atomic E-state index is 0. The van der Waals surface area contributed by atoms with Crippen LogP contribution in [0.1, 0.15) is 27.9 Å². The van der Waals surface area contributed by atoms with Gasteiger partial charge < -0.3 is 10.6 Å². The van der Waals surface area contributed by atoms with E-state index >= 15 is 0 Å². The van der Waals surface area contributed by atoms with Gasteiger partial charge in [-0.3, -0.25) is 0 Å². The van der Waals surface area contributed by atoms with Gasteiger partial charge in [0.25, 0.3) is 0 Å². The highest BCUT2D eigenvalue weighted by Gasteiger charge is 2.00. The van der Waals surface area contributed by atoms with Crippen molar-refractivity contribution in [1.29, 1.82) is 0 Å². The smallest absolute Gasteiger partial charge is 0.191 e. The topological polar surface area (TPSA) is 49.3 Å². The molecule has 0 radical (unpaired) electrons. The summed E-state index contributed by atoms with van der Waals surface area (Å²) in [7, 11) is 0. The summed E-state index contributed by atoms with van der Waals surface area (Å²) < 4.78 is 0. The molecule has 126 valence electrons. The summed E-state index contributed by atoms with van der Waals surface area (Å²) in [6, 6.07) is 8.66. The molecular formula is C17H25IN4S. The van der Waals surface area contributed by atoms with E-state index in [2.05, 4.69) is 65.6 Å². The normalized spacial score (nSPS) is 11.0. The van der Waals surface area contributed by atoms with Crippen LogP contribution in [0, 0.1) is 13.8 Å². The van der Waals surface area contributed by atoms with Gasteiger partial charge in [-0.05, 0) is 32.8 Å². The maximum atomic E-state index is 4.58. The number of nitrogens with zero attached hydrogens (tertiary/aromatic N) is 2. The zero-order chi connectivity index (χ0) is 15.8. The van der Waals surface area contributed by atoms with E-state index in [1.165, 1.54) is 16.0 Å². The summed E-state index contributed by atoms with van der Waals surface area (Å²) in [5.74, 6) is 0.850. The molecule has 2 aromatic rings. The molecule has 0 aliphatic rings. The molecule has 2 rings (SSSR count). The highest BCUT2D eigenvalue weighted by atomic mass is 127. The van der Waals surface area contributed by atoms with Crippen molar-refractivity contribution in [2.45, 2.75) is 33.7 Å². The number of nitrogens with one attached hydrogen (secondary N) is 2. The van der Waals surface area contributed by atoms with E-state index in [1.807, 2.05) is 6.20 Å². The summed E-state index contributed by atoms with van der Waals surface area (Å²) in [4.78, 5) is 10.1. The fourth-order valence-corrected chi connectivity index (χ4v) is 2.75. The van der Waals surface area contributed by atoms with Crippen molar-refractivity contribution in [3.8, 4) is 0 Å². The SMILES string of the molecule is CCNC(=NCc1ncc(C)s1)NCCc1ccc(C)cc1.I. The predicted molar refractivity (Wildman–Crippen MR) is 110 cm³/mol. The lowest BCUT2D eigenvalue weighted by Gasteiger charge is -2.11. The van der Waals surface area contributed by atoms with Crippen LogP contribution in [-0.2, 0) is 13.0 Å². The Morgan fingerprint density at radius 1 is 1.17 bits per heavy atom. The highest BCUT2D eigenvalue weighted by molar-refractivity contribution is 14.0. The van der Waals surface area contributed by atoms with E-state index in [1.54, 1.807) is 11.3 Å². The molecule has 6 heteroatoms. The number of aryl methyl sites for hydroxylation is 2. The van der Waals surface area contributed by atoms with E-state index in [0.717, 1.165) is 30.5 Å². The number of guanidine groups is 1. The Balaban J connectivity index is 0.00000264. The van der Waals surface area contributed by atoms with Gasteiger partial charge in [-0.25, -0.2) is 9.98 Å². The Bertz CT molecular complexity index is 607. The quantitative estimate of drug-likeness (QED) is 0.406. The van der Waals surface area contributed by atoms with Crippen LogP contribution in [0.4, 0.5) is 0 Å². The monoisotopic (exact) mass is 444 g/mol. The summed E-state index contributed by atoms with van der Waals surface area (Å²) >= 11 is 1.70. The fourth-order valence-electron chi connectivity index (χ4n) is 2.04. The molecule has 23 heavy (non-hydrogen) atoms. The van der Waals surface area contributed by atoms with E-state index in [9.17, 15) is 0 Å². The number of hydrogen-bond donors (Lipinski definition) is 2. The largest absolute Gasteiger partial charge is 0.357 e. The van der Waals surface area contributed by atoms with Gasteiger partial charge in [-0.15, -0.1) is 35.3 Å². The molecule has 0 aliphatic heterocycles. The Kier molecular flexibility index (Phi) is 9.16. The van der Waals surface area contributed by atoms with E-state index in [4.69, 9.17) is 0 Å². The maximum absolute atomic E-state index is 4.58. The number of halogens is 1. The average Bonchev–Trinajstić information content (AvgIpc) is 2.92. The first-order valence-electron chi connectivity index (χ1n) is 7.66. The number of aromatic nitrogens is 1. The van der Waals surface area contributed by atoms with Crippen LogP contribution in [-0.4, -0.2) is 24.0 Å². The first-order chi connectivity index (χ1) is 10.7. The van der Waals surface area contributed by atoms with Crippen molar-refractivity contribution in [3.63, 3.8) is 0 Å². The number of benzene rings is 1. The molecule has 1 aromatic heterocycles. The molecule has 1 aromatic carbocycles. The van der Waals surface area contributed by atoms with Gasteiger partial charge in [0, 0.05) is 24.2 Å². The molecule has 0 aliphatic carbocycles. The van der Waals surface area contributed by atoms with Crippen molar-refractivity contribution in [3.05, 3.63) is 51.5 Å². The third-order valence-electron chi connectivity index (χ3n) is 3.21. The summed E-state index contributed by atoms with van der Waals surface area (Å²) in [5.41, 5.74) is 2.63. The van der Waals surface area contributed by atoms with Gasteiger partial charge in [0.15, 0.2) is 5.96 Å². The van der Waals surface area contributed by atoms with Crippen molar-refractivity contribution in [2.75, 3.05) is 13.1 Å². The zero-order valence-corrected chi connectivity index (χ0v) is 17.1. The number of rotatable bonds is 6. The van der Waals surface area contributed by atoms with E-state index in [-0.39, 0.29) is 24.0 Å². The Morgan fingerprint density at radius 2 is 1.91 bits per heavy atom. The zero-order valence-electron chi connectivity index (χ0n) is 13.9. The number of hydrogen-bond acceptors (Lipinski definition) is 3. The molecule has 2 N–H and O–H groups in total. The molecule has 0 saturated heterocycles. The van der Waals surface area contributed by atoms with Gasteiger partial charge in [0.1, 0.15) is 5.01 Å². The van der Waals surface area contributed by atoms with Crippen LogP contribution in [0.25, 0.3) is 0 Å². The second-order valence-corrected chi connectivity index (χ2v) is 6.54. The van der Waals surface area contributed by atoms with E-state index < -0.39 is 0 Å². The Hall–Kier alpha value is -1.15. The third kappa shape index (κ3) is 7.30. The maximum Gasteiger partial charge on any atom is 0.191 e. The van der Waals surface area contributed by atoms with Crippen LogP contribution in [0.15, 0.2) is 35.5 Å². The molecule has 0 saturated carbocycles. The second kappa shape index (κ2) is 10.6. The van der Waals surface area contributed by atoms with E-state index in [0.29, 0.717) is 6.54 Å². The lowest BCUT2D eigenvalue weighted by molar-refractivity contribution is 0.799. The van der Waals surface area contributed by atoms with Gasteiger partial charge in [-0.2, -0.15) is 0 Å². The van der Waals surface area contributed by atoms with Crippen molar-refractivity contribution >= 4 is 41.3 Å². The first-order valence-corrected chi connectivity index (χ1v) is 8.48. The molecule has 0 spiro atoms. The van der Waals surface area contributed by atoms with Gasteiger partial charge in [-0.1, -0.05) is 29.8 Å². The van der Waals surface area contributed by atoms with Gasteiger partial charge >= 0.3 is 0 Å². The Morgan fingerprint density at radius 3 is 2.52 bits per heavy atom. The van der Waals surface area contributed by atoms with Gasteiger partial charge in [0.05, 0.1) is 6.54 Å². The van der Waals surface area contributed by atoms with Crippen molar-refractivity contribution in [1.82, 2.24) is 15.6 Å². The molecule has 1 heterocycles. The summed E-state index contributed by atoms with van der Waals surface area (Å²) in [6.07, 6.45) is 2.88. The summed E-state index contributed by atoms with van der Waals surface area (Å²) in [5, 5.41) is 7.70. The number of thiazole rings is 1. The third-order valence-corrected chi connectivity index (χ3v) is 4.11. The minimum atomic E-state index is 0.